The first kappa shape index (κ1) is 10.7. The highest BCUT2D eigenvalue weighted by Crippen LogP contribution is 2.49. The number of rotatable bonds is 1. The third-order valence-corrected chi connectivity index (χ3v) is 4.29. The van der Waals surface area contributed by atoms with Crippen molar-refractivity contribution >= 4 is 5.97 Å². The molecule has 1 heterocycles. The van der Waals surface area contributed by atoms with E-state index in [1.807, 2.05) is 6.92 Å². The zero-order valence-corrected chi connectivity index (χ0v) is 9.71. The maximum Gasteiger partial charge on any atom is 0.306 e. The van der Waals surface area contributed by atoms with Gasteiger partial charge in [-0.25, -0.2) is 0 Å². The van der Waals surface area contributed by atoms with Crippen molar-refractivity contribution in [1.29, 1.82) is 0 Å². The summed E-state index contributed by atoms with van der Waals surface area (Å²) in [5.74, 6) is 0.463. The monoisotopic (exact) mass is 208 g/mol. The van der Waals surface area contributed by atoms with Crippen LogP contribution in [0.3, 0.4) is 0 Å². The van der Waals surface area contributed by atoms with Crippen LogP contribution in [0, 0.1) is 11.3 Å². The van der Waals surface area contributed by atoms with Crippen molar-refractivity contribution in [3.8, 4) is 0 Å². The van der Waals surface area contributed by atoms with Gasteiger partial charge in [0.05, 0.1) is 6.42 Å². The first-order chi connectivity index (χ1) is 7.04. The minimum absolute atomic E-state index is 0.0274. The molecule has 1 unspecified atom stereocenters. The number of carbonyl (C=O) groups is 1. The van der Waals surface area contributed by atoms with Crippen molar-refractivity contribution < 1.29 is 9.53 Å². The highest BCUT2D eigenvalue weighted by atomic mass is 16.5. The van der Waals surface area contributed by atoms with E-state index in [1.54, 1.807) is 0 Å². The van der Waals surface area contributed by atoms with Gasteiger partial charge in [0.25, 0.3) is 0 Å². The zero-order valence-electron chi connectivity index (χ0n) is 9.71. The normalized spacial score (nSPS) is 40.5. The second-order valence-corrected chi connectivity index (χ2v) is 5.29. The molecule has 0 aromatic rings. The molecular formula is C13H20O2. The third-order valence-electron chi connectivity index (χ3n) is 4.29. The summed E-state index contributed by atoms with van der Waals surface area (Å²) < 4.78 is 5.46. The predicted octanol–water partition coefficient (Wildman–Crippen LogP) is 3.07. The zero-order chi connectivity index (χ0) is 11.1. The van der Waals surface area contributed by atoms with Crippen LogP contribution in [0.25, 0.3) is 0 Å². The van der Waals surface area contributed by atoms with Gasteiger partial charge in [-0.15, -0.1) is 0 Å². The van der Waals surface area contributed by atoms with Gasteiger partial charge in [-0.2, -0.15) is 0 Å². The van der Waals surface area contributed by atoms with Gasteiger partial charge in [-0.05, 0) is 26.2 Å². The van der Waals surface area contributed by atoms with Crippen molar-refractivity contribution in [3.05, 3.63) is 12.2 Å². The maximum atomic E-state index is 11.6. The highest BCUT2D eigenvalue weighted by Gasteiger charge is 2.47. The lowest BCUT2D eigenvalue weighted by molar-refractivity contribution is -0.171. The van der Waals surface area contributed by atoms with E-state index in [9.17, 15) is 4.79 Å². The van der Waals surface area contributed by atoms with E-state index in [4.69, 9.17) is 4.74 Å². The van der Waals surface area contributed by atoms with Crippen LogP contribution in [0.4, 0.5) is 0 Å². The molecule has 1 saturated carbocycles. The van der Waals surface area contributed by atoms with Crippen LogP contribution in [0.1, 0.15) is 46.0 Å². The lowest BCUT2D eigenvalue weighted by Gasteiger charge is -2.47. The van der Waals surface area contributed by atoms with E-state index in [0.29, 0.717) is 12.3 Å². The van der Waals surface area contributed by atoms with Gasteiger partial charge in [0.15, 0.2) is 0 Å². The molecule has 0 bridgehead atoms. The van der Waals surface area contributed by atoms with Crippen molar-refractivity contribution in [2.45, 2.75) is 52.1 Å². The van der Waals surface area contributed by atoms with Crippen molar-refractivity contribution in [1.82, 2.24) is 0 Å². The van der Waals surface area contributed by atoms with E-state index >= 15 is 0 Å². The quantitative estimate of drug-likeness (QED) is 0.489. The van der Waals surface area contributed by atoms with E-state index in [1.165, 1.54) is 19.3 Å². The van der Waals surface area contributed by atoms with Crippen molar-refractivity contribution in [2.24, 2.45) is 11.3 Å². The molecular weight excluding hydrogens is 188 g/mol. The summed E-state index contributed by atoms with van der Waals surface area (Å²) in [7, 11) is 0. The third kappa shape index (κ3) is 1.70. The minimum Gasteiger partial charge on any atom is -0.462 e. The van der Waals surface area contributed by atoms with Crippen molar-refractivity contribution in [2.75, 3.05) is 0 Å². The molecule has 2 aliphatic rings. The molecule has 3 atom stereocenters. The molecule has 0 spiro atoms. The second-order valence-electron chi connectivity index (χ2n) is 5.29. The second kappa shape index (κ2) is 3.66. The Hall–Kier alpha value is -0.790. The number of ether oxygens (including phenoxy) is 1. The Morgan fingerprint density at radius 3 is 2.80 bits per heavy atom. The molecule has 2 fully saturated rings. The van der Waals surface area contributed by atoms with Gasteiger partial charge in [-0.3, -0.25) is 4.79 Å². The molecule has 1 aliphatic carbocycles. The molecule has 1 saturated heterocycles. The Labute approximate surface area is 91.7 Å². The highest BCUT2D eigenvalue weighted by molar-refractivity contribution is 5.72. The molecule has 2 heteroatoms. The predicted molar refractivity (Wildman–Crippen MR) is 59.4 cm³/mol. The minimum atomic E-state index is -0.0383. The molecule has 0 amide bonds. The molecule has 15 heavy (non-hydrogen) atoms. The Balaban J connectivity index is 2.28. The van der Waals surface area contributed by atoms with E-state index in [0.717, 1.165) is 12.0 Å². The smallest absolute Gasteiger partial charge is 0.306 e. The van der Waals surface area contributed by atoms with Gasteiger partial charge in [0, 0.05) is 11.3 Å². The Morgan fingerprint density at radius 2 is 2.13 bits per heavy atom. The number of hydrogen-bond acceptors (Lipinski definition) is 2. The van der Waals surface area contributed by atoms with Gasteiger partial charge in [-0.1, -0.05) is 25.5 Å². The fraction of sp³-hybridized carbons (Fsp3) is 0.769. The molecule has 2 nitrogen and oxygen atoms in total. The Morgan fingerprint density at radius 1 is 1.47 bits per heavy atom. The molecule has 0 aromatic heterocycles. The summed E-state index contributed by atoms with van der Waals surface area (Å²) in [6.45, 7) is 8.29. The average molecular weight is 208 g/mol. The Kier molecular flexibility index (Phi) is 2.61. The molecule has 1 aliphatic heterocycles. The number of carbonyl (C=O) groups excluding carboxylic acids is 1. The van der Waals surface area contributed by atoms with Crippen LogP contribution < -0.4 is 0 Å². The summed E-state index contributed by atoms with van der Waals surface area (Å²) in [6.07, 6.45) is 5.36. The van der Waals surface area contributed by atoms with Crippen LogP contribution in [0.15, 0.2) is 12.2 Å². The molecule has 0 radical (unpaired) electrons. The van der Waals surface area contributed by atoms with Gasteiger partial charge >= 0.3 is 5.97 Å². The fourth-order valence-electron chi connectivity index (χ4n) is 3.08. The van der Waals surface area contributed by atoms with Crippen LogP contribution >= 0.6 is 0 Å². The first-order valence-corrected chi connectivity index (χ1v) is 5.89. The molecule has 84 valence electrons. The summed E-state index contributed by atoms with van der Waals surface area (Å²) in [6, 6.07) is 0. The summed E-state index contributed by atoms with van der Waals surface area (Å²) in [4.78, 5) is 11.6. The maximum absolute atomic E-state index is 11.6. The van der Waals surface area contributed by atoms with Crippen molar-refractivity contribution in [3.63, 3.8) is 0 Å². The molecule has 0 N–H and O–H groups in total. The molecule has 2 rings (SSSR count). The average Bonchev–Trinajstić information content (AvgIpc) is 2.17. The largest absolute Gasteiger partial charge is 0.462 e. The first-order valence-electron chi connectivity index (χ1n) is 5.89. The van der Waals surface area contributed by atoms with E-state index in [2.05, 4.69) is 13.5 Å². The van der Waals surface area contributed by atoms with Gasteiger partial charge in [0.2, 0.25) is 0 Å². The number of allylic oxidation sites excluding steroid dienone is 1. The number of hydrogen-bond donors (Lipinski definition) is 0. The topological polar surface area (TPSA) is 26.3 Å². The lowest BCUT2D eigenvalue weighted by atomic mass is 9.62. The SMILES string of the molecule is C=C(C)C1(C)CC(=O)O[C@@H]2CCCC[C@H]21. The summed E-state index contributed by atoms with van der Waals surface area (Å²) in [5.41, 5.74) is 1.11. The van der Waals surface area contributed by atoms with Gasteiger partial charge < -0.3 is 4.74 Å². The van der Waals surface area contributed by atoms with Crippen LogP contribution in [0.2, 0.25) is 0 Å². The summed E-state index contributed by atoms with van der Waals surface area (Å²) in [5, 5.41) is 0. The van der Waals surface area contributed by atoms with E-state index in [-0.39, 0.29) is 17.5 Å². The fourth-order valence-corrected chi connectivity index (χ4v) is 3.08. The standard InChI is InChI=1S/C13H20O2/c1-9(2)13(3)8-12(14)15-11-7-5-4-6-10(11)13/h10-11H,1,4-8H2,2-3H3/t10-,11-,13?/m1/s1. The van der Waals surface area contributed by atoms with E-state index < -0.39 is 0 Å². The number of fused-ring (bicyclic) bond motifs is 1. The number of esters is 1. The molecule has 0 aromatic carbocycles. The van der Waals surface area contributed by atoms with Gasteiger partial charge in [0.1, 0.15) is 6.10 Å². The van der Waals surface area contributed by atoms with Crippen LogP contribution in [-0.2, 0) is 9.53 Å². The van der Waals surface area contributed by atoms with Crippen LogP contribution in [0.5, 0.6) is 0 Å². The van der Waals surface area contributed by atoms with Crippen LogP contribution in [-0.4, -0.2) is 12.1 Å². The Bertz CT molecular complexity index is 295. The lowest BCUT2D eigenvalue weighted by Crippen LogP contribution is -2.47. The summed E-state index contributed by atoms with van der Waals surface area (Å²) >= 11 is 0.